The van der Waals surface area contributed by atoms with E-state index in [1.807, 2.05) is 0 Å². The van der Waals surface area contributed by atoms with Crippen LogP contribution >= 0.6 is 0 Å². The summed E-state index contributed by atoms with van der Waals surface area (Å²) in [5.74, 6) is -12.7. The molecule has 2 nitrogen and oxygen atoms in total. The maximum Gasteiger partial charge on any atom is 0.311 e. The molecular formula is C21H29F5O2. The van der Waals surface area contributed by atoms with E-state index in [2.05, 4.69) is 18.6 Å². The van der Waals surface area contributed by atoms with Gasteiger partial charge in [0.2, 0.25) is 34.8 Å². The molecule has 0 aliphatic rings. The molecule has 0 aromatic heterocycles. The van der Waals surface area contributed by atoms with E-state index in [0.29, 0.717) is 12.3 Å². The van der Waals surface area contributed by atoms with Gasteiger partial charge in [-0.2, -0.15) is 8.78 Å². The molecule has 0 saturated heterocycles. The molecule has 1 rings (SSSR count). The zero-order valence-electron chi connectivity index (χ0n) is 16.6. The van der Waals surface area contributed by atoms with Gasteiger partial charge in [-0.1, -0.05) is 71.6 Å². The van der Waals surface area contributed by atoms with Gasteiger partial charge in [0.15, 0.2) is 0 Å². The van der Waals surface area contributed by atoms with E-state index in [4.69, 9.17) is 0 Å². The van der Waals surface area contributed by atoms with Crippen molar-refractivity contribution in [2.24, 2.45) is 5.92 Å². The van der Waals surface area contributed by atoms with Crippen molar-refractivity contribution in [1.29, 1.82) is 0 Å². The Morgan fingerprint density at radius 1 is 0.750 bits per heavy atom. The summed E-state index contributed by atoms with van der Waals surface area (Å²) in [5, 5.41) is 0. The van der Waals surface area contributed by atoms with Crippen LogP contribution in [0.25, 0.3) is 0 Å². The fourth-order valence-electron chi connectivity index (χ4n) is 3.13. The van der Waals surface area contributed by atoms with Crippen LogP contribution in [0.2, 0.25) is 0 Å². The number of hydrogen-bond donors (Lipinski definition) is 0. The van der Waals surface area contributed by atoms with Crippen molar-refractivity contribution >= 4 is 5.97 Å². The third-order valence-corrected chi connectivity index (χ3v) is 4.92. The molecule has 1 aromatic rings. The van der Waals surface area contributed by atoms with Gasteiger partial charge in [0.1, 0.15) is 0 Å². The lowest BCUT2D eigenvalue weighted by Gasteiger charge is -2.14. The summed E-state index contributed by atoms with van der Waals surface area (Å²) in [6.45, 7) is 4.33. The Labute approximate surface area is 163 Å². The number of halogens is 5. The first-order valence-corrected chi connectivity index (χ1v) is 10.0. The SMILES string of the molecule is CCCCCCC(CC)CCCCCC(=O)Oc1c(F)c(F)c(F)c(F)c1F. The predicted octanol–water partition coefficient (Wildman–Crippen LogP) is 7.23. The Kier molecular flexibility index (Phi) is 11.1. The minimum absolute atomic E-state index is 0.146. The van der Waals surface area contributed by atoms with Crippen LogP contribution < -0.4 is 4.74 Å². The monoisotopic (exact) mass is 408 g/mol. The summed E-state index contributed by atoms with van der Waals surface area (Å²) >= 11 is 0. The zero-order chi connectivity index (χ0) is 21.1. The topological polar surface area (TPSA) is 26.3 Å². The molecular weight excluding hydrogens is 379 g/mol. The lowest BCUT2D eigenvalue weighted by molar-refractivity contribution is -0.135. The third kappa shape index (κ3) is 7.40. The molecule has 160 valence electrons. The van der Waals surface area contributed by atoms with Crippen molar-refractivity contribution < 1.29 is 31.5 Å². The van der Waals surface area contributed by atoms with E-state index < -0.39 is 40.8 Å². The highest BCUT2D eigenvalue weighted by atomic mass is 19.2. The van der Waals surface area contributed by atoms with Gasteiger partial charge in [0.05, 0.1) is 0 Å². The highest BCUT2D eigenvalue weighted by Gasteiger charge is 2.28. The molecule has 0 saturated carbocycles. The fraction of sp³-hybridized carbons (Fsp3) is 0.667. The summed E-state index contributed by atoms with van der Waals surface area (Å²) in [6.07, 6.45) is 10.2. The van der Waals surface area contributed by atoms with Crippen LogP contribution in [0.4, 0.5) is 22.0 Å². The fourth-order valence-corrected chi connectivity index (χ4v) is 3.13. The molecule has 0 fully saturated rings. The number of esters is 1. The lowest BCUT2D eigenvalue weighted by atomic mass is 9.92. The second-order valence-corrected chi connectivity index (χ2v) is 7.10. The second kappa shape index (κ2) is 12.7. The van der Waals surface area contributed by atoms with Gasteiger partial charge >= 0.3 is 5.97 Å². The quantitative estimate of drug-likeness (QED) is 0.0859. The molecule has 7 heteroatoms. The van der Waals surface area contributed by atoms with Gasteiger partial charge in [0.25, 0.3) is 0 Å². The average Bonchev–Trinajstić information content (AvgIpc) is 2.69. The van der Waals surface area contributed by atoms with Crippen LogP contribution in [0.1, 0.15) is 84.5 Å². The molecule has 0 N–H and O–H groups in total. The highest BCUT2D eigenvalue weighted by molar-refractivity contribution is 5.72. The Balaban J connectivity index is 2.36. The molecule has 0 heterocycles. The average molecular weight is 408 g/mol. The largest absolute Gasteiger partial charge is 0.420 e. The van der Waals surface area contributed by atoms with E-state index >= 15 is 0 Å². The normalized spacial score (nSPS) is 12.2. The first-order chi connectivity index (χ1) is 13.3. The number of carbonyl (C=O) groups is 1. The van der Waals surface area contributed by atoms with Crippen LogP contribution in [-0.4, -0.2) is 5.97 Å². The van der Waals surface area contributed by atoms with Crippen LogP contribution in [0, 0.1) is 35.0 Å². The standard InChI is InChI=1S/C21H29F5O2/c1-3-5-6-8-11-14(4-2)12-9-7-10-13-15(27)28-21-19(25)17(23)16(22)18(24)20(21)26/h14H,3-13H2,1-2H3. The Morgan fingerprint density at radius 3 is 1.75 bits per heavy atom. The molecule has 28 heavy (non-hydrogen) atoms. The van der Waals surface area contributed by atoms with Crippen LogP contribution in [0.3, 0.4) is 0 Å². The predicted molar refractivity (Wildman–Crippen MR) is 97.5 cm³/mol. The molecule has 0 aliphatic heterocycles. The lowest BCUT2D eigenvalue weighted by Crippen LogP contribution is -2.13. The highest BCUT2D eigenvalue weighted by Crippen LogP contribution is 2.29. The smallest absolute Gasteiger partial charge is 0.311 e. The summed E-state index contributed by atoms with van der Waals surface area (Å²) in [7, 11) is 0. The minimum Gasteiger partial charge on any atom is -0.420 e. The molecule has 1 atom stereocenters. The van der Waals surface area contributed by atoms with Crippen molar-refractivity contribution in [1.82, 2.24) is 0 Å². The number of carbonyl (C=O) groups excluding carboxylic acids is 1. The van der Waals surface area contributed by atoms with E-state index in [9.17, 15) is 26.7 Å². The molecule has 0 radical (unpaired) electrons. The van der Waals surface area contributed by atoms with Crippen LogP contribution in [-0.2, 0) is 4.79 Å². The van der Waals surface area contributed by atoms with Gasteiger partial charge in [0, 0.05) is 6.42 Å². The summed E-state index contributed by atoms with van der Waals surface area (Å²) < 4.78 is 70.5. The molecule has 0 bridgehead atoms. The van der Waals surface area contributed by atoms with Crippen molar-refractivity contribution in [3.63, 3.8) is 0 Å². The Bertz CT molecular complexity index is 605. The number of unbranched alkanes of at least 4 members (excludes halogenated alkanes) is 5. The zero-order valence-corrected chi connectivity index (χ0v) is 16.6. The van der Waals surface area contributed by atoms with Gasteiger partial charge < -0.3 is 4.74 Å². The number of hydrogen-bond acceptors (Lipinski definition) is 2. The third-order valence-electron chi connectivity index (χ3n) is 4.92. The number of ether oxygens (including phenoxy) is 1. The van der Waals surface area contributed by atoms with Gasteiger partial charge in [-0.15, -0.1) is 0 Å². The van der Waals surface area contributed by atoms with Crippen LogP contribution in [0.15, 0.2) is 0 Å². The first kappa shape index (κ1) is 24.4. The molecule has 1 unspecified atom stereocenters. The van der Waals surface area contributed by atoms with Gasteiger partial charge in [-0.3, -0.25) is 4.79 Å². The maximum atomic E-state index is 13.5. The molecule has 1 aromatic carbocycles. The maximum absolute atomic E-state index is 13.5. The minimum atomic E-state index is -2.28. The molecule has 0 aliphatic carbocycles. The van der Waals surface area contributed by atoms with E-state index in [1.54, 1.807) is 0 Å². The van der Waals surface area contributed by atoms with E-state index in [-0.39, 0.29) is 6.42 Å². The van der Waals surface area contributed by atoms with E-state index in [0.717, 1.165) is 25.7 Å². The van der Waals surface area contributed by atoms with Crippen LogP contribution in [0.5, 0.6) is 5.75 Å². The first-order valence-electron chi connectivity index (χ1n) is 10.0. The summed E-state index contributed by atoms with van der Waals surface area (Å²) in [5.41, 5.74) is 0. The van der Waals surface area contributed by atoms with Crippen molar-refractivity contribution in [2.75, 3.05) is 0 Å². The van der Waals surface area contributed by atoms with Gasteiger partial charge in [-0.05, 0) is 12.3 Å². The summed E-state index contributed by atoms with van der Waals surface area (Å²) in [6, 6.07) is 0. The number of benzene rings is 1. The van der Waals surface area contributed by atoms with Crippen molar-refractivity contribution in [2.45, 2.75) is 84.5 Å². The second-order valence-electron chi connectivity index (χ2n) is 7.10. The van der Waals surface area contributed by atoms with Gasteiger partial charge in [-0.25, -0.2) is 13.2 Å². The van der Waals surface area contributed by atoms with E-state index in [1.165, 1.54) is 32.1 Å². The summed E-state index contributed by atoms with van der Waals surface area (Å²) in [4.78, 5) is 11.7. The Morgan fingerprint density at radius 2 is 1.25 bits per heavy atom. The van der Waals surface area contributed by atoms with Crippen molar-refractivity contribution in [3.8, 4) is 5.75 Å². The number of rotatable bonds is 13. The molecule has 0 spiro atoms. The Hall–Kier alpha value is -1.66. The van der Waals surface area contributed by atoms with Crippen molar-refractivity contribution in [3.05, 3.63) is 29.1 Å². The molecule has 0 amide bonds.